The van der Waals surface area contributed by atoms with Crippen molar-refractivity contribution in [2.24, 2.45) is 7.05 Å². The van der Waals surface area contributed by atoms with E-state index in [9.17, 15) is 9.59 Å². The molecule has 0 fully saturated rings. The fourth-order valence-electron chi connectivity index (χ4n) is 4.58. The fourth-order valence-corrected chi connectivity index (χ4v) is 4.70. The fraction of sp³-hybridized carbons (Fsp3) is 0.214. The minimum atomic E-state index is -0.649. The second kappa shape index (κ2) is 10.9. The minimum absolute atomic E-state index is 0.0549. The summed E-state index contributed by atoms with van der Waals surface area (Å²) in [7, 11) is 4.67. The van der Waals surface area contributed by atoms with Gasteiger partial charge < -0.3 is 14.4 Å². The van der Waals surface area contributed by atoms with E-state index in [2.05, 4.69) is 15.2 Å². The molecule has 0 radical (unpaired) electrons. The summed E-state index contributed by atoms with van der Waals surface area (Å²) in [5.74, 6) is -0.491. The molecule has 10 nitrogen and oxygen atoms in total. The number of H-pyrrole nitrogens is 1. The summed E-state index contributed by atoms with van der Waals surface area (Å²) in [5.41, 5.74) is 3.27. The summed E-state index contributed by atoms with van der Waals surface area (Å²) in [5, 5.41) is 7.04. The number of likely N-dealkylation sites (N-methyl/N-ethyl adjacent to an activating group) is 1. The number of aryl methyl sites for hydroxylation is 2. The van der Waals surface area contributed by atoms with E-state index in [-0.39, 0.29) is 36.2 Å². The number of halogens is 2. The number of anilines is 1. The number of benzene rings is 3. The van der Waals surface area contributed by atoms with Gasteiger partial charge in [0, 0.05) is 30.4 Å². The zero-order chi connectivity index (χ0) is 28.6. The Bertz CT molecular complexity index is 1760. The maximum absolute atomic E-state index is 15.4. The number of aromatic amines is 1. The van der Waals surface area contributed by atoms with E-state index in [4.69, 9.17) is 21.1 Å². The van der Waals surface area contributed by atoms with E-state index in [0.29, 0.717) is 38.7 Å². The molecule has 206 valence electrons. The van der Waals surface area contributed by atoms with Gasteiger partial charge in [-0.25, -0.2) is 14.2 Å². The molecule has 12 heteroatoms. The average molecular weight is 565 g/mol. The van der Waals surface area contributed by atoms with E-state index in [1.807, 2.05) is 19.1 Å². The summed E-state index contributed by atoms with van der Waals surface area (Å²) in [4.78, 5) is 32.0. The van der Waals surface area contributed by atoms with Gasteiger partial charge in [0.15, 0.2) is 23.1 Å². The monoisotopic (exact) mass is 564 g/mol. The first-order valence-corrected chi connectivity index (χ1v) is 12.6. The Balaban J connectivity index is 1.54. The molecular weight excluding hydrogens is 539 g/mol. The topological polar surface area (TPSA) is 107 Å². The largest absolute Gasteiger partial charge is 0.493 e. The molecule has 5 rings (SSSR count). The number of nitrogens with one attached hydrogen (secondary N) is 1. The molecule has 0 saturated heterocycles. The summed E-state index contributed by atoms with van der Waals surface area (Å²) in [6.45, 7) is 1.62. The number of hydrogen-bond donors (Lipinski definition) is 1. The Hall–Kier alpha value is -4.64. The number of ether oxygens (including phenoxy) is 2. The maximum Gasteiger partial charge on any atom is 0.329 e. The van der Waals surface area contributed by atoms with E-state index in [1.165, 1.54) is 33.5 Å². The van der Waals surface area contributed by atoms with Crippen LogP contribution in [-0.4, -0.2) is 44.4 Å². The molecule has 0 spiro atoms. The molecule has 2 heterocycles. The van der Waals surface area contributed by atoms with Crippen molar-refractivity contribution in [3.8, 4) is 22.6 Å². The Kier molecular flexibility index (Phi) is 7.31. The van der Waals surface area contributed by atoms with Gasteiger partial charge in [-0.1, -0.05) is 11.6 Å². The highest BCUT2D eigenvalue weighted by atomic mass is 35.5. The van der Waals surface area contributed by atoms with Gasteiger partial charge in [0.1, 0.15) is 19.5 Å². The van der Waals surface area contributed by atoms with Gasteiger partial charge in [-0.05, 0) is 66.6 Å². The van der Waals surface area contributed by atoms with Gasteiger partial charge in [0.25, 0.3) is 0 Å². The summed E-state index contributed by atoms with van der Waals surface area (Å²) in [6.07, 6.45) is 1.40. The lowest BCUT2D eigenvalue weighted by atomic mass is 10.0. The van der Waals surface area contributed by atoms with E-state index < -0.39 is 5.82 Å². The number of rotatable bonds is 8. The molecule has 0 bridgehead atoms. The SMILES string of the molecule is COc1cc(-c2cc(C)cc3c2n(C)c(=O)n3CC(=O)N(C)c2ccc(Cl)cc2)cc(F)c1OCc1nc[nH]n1. The van der Waals surface area contributed by atoms with Crippen LogP contribution in [0.5, 0.6) is 11.5 Å². The van der Waals surface area contributed by atoms with Crippen LogP contribution in [-0.2, 0) is 25.0 Å². The van der Waals surface area contributed by atoms with Crippen molar-refractivity contribution >= 4 is 34.2 Å². The summed E-state index contributed by atoms with van der Waals surface area (Å²) < 4.78 is 29.3. The van der Waals surface area contributed by atoms with Crippen LogP contribution in [0.1, 0.15) is 11.4 Å². The van der Waals surface area contributed by atoms with Crippen molar-refractivity contribution in [1.82, 2.24) is 24.3 Å². The van der Waals surface area contributed by atoms with Crippen LogP contribution < -0.4 is 20.1 Å². The van der Waals surface area contributed by atoms with Crippen LogP contribution in [0, 0.1) is 12.7 Å². The molecule has 2 aromatic heterocycles. The smallest absolute Gasteiger partial charge is 0.329 e. The van der Waals surface area contributed by atoms with Gasteiger partial charge in [-0.2, -0.15) is 5.10 Å². The lowest BCUT2D eigenvalue weighted by Crippen LogP contribution is -2.34. The third kappa shape index (κ3) is 5.03. The highest BCUT2D eigenvalue weighted by Gasteiger charge is 2.22. The van der Waals surface area contributed by atoms with Gasteiger partial charge in [-0.15, -0.1) is 0 Å². The van der Waals surface area contributed by atoms with Crippen molar-refractivity contribution in [2.45, 2.75) is 20.1 Å². The van der Waals surface area contributed by atoms with Gasteiger partial charge in [0.05, 0.1) is 18.1 Å². The second-order valence-corrected chi connectivity index (χ2v) is 9.67. The van der Waals surface area contributed by atoms with Crippen LogP contribution in [0.3, 0.4) is 0 Å². The number of amides is 1. The second-order valence-electron chi connectivity index (χ2n) is 9.23. The number of aromatic nitrogens is 5. The van der Waals surface area contributed by atoms with Crippen molar-refractivity contribution in [3.63, 3.8) is 0 Å². The van der Waals surface area contributed by atoms with Crippen molar-refractivity contribution in [2.75, 3.05) is 19.1 Å². The third-order valence-corrected chi connectivity index (χ3v) is 6.86. The molecule has 3 aromatic carbocycles. The molecule has 5 aromatic rings. The summed E-state index contributed by atoms with van der Waals surface area (Å²) in [6, 6.07) is 13.5. The van der Waals surface area contributed by atoms with Gasteiger partial charge in [-0.3, -0.25) is 19.0 Å². The number of imidazole rings is 1. The number of carbonyl (C=O) groups excluding carboxylic acids is 1. The zero-order valence-electron chi connectivity index (χ0n) is 22.2. The summed E-state index contributed by atoms with van der Waals surface area (Å²) >= 11 is 5.97. The Labute approximate surface area is 233 Å². The third-order valence-electron chi connectivity index (χ3n) is 6.61. The van der Waals surface area contributed by atoms with Gasteiger partial charge >= 0.3 is 5.69 Å². The van der Waals surface area contributed by atoms with Crippen LogP contribution in [0.15, 0.2) is 59.7 Å². The molecule has 40 heavy (non-hydrogen) atoms. The number of methoxy groups -OCH3 is 1. The van der Waals surface area contributed by atoms with E-state index in [1.54, 1.807) is 44.4 Å². The van der Waals surface area contributed by atoms with Crippen LogP contribution in [0.2, 0.25) is 5.02 Å². The lowest BCUT2D eigenvalue weighted by molar-refractivity contribution is -0.118. The Morgan fingerprint density at radius 1 is 1.18 bits per heavy atom. The Morgan fingerprint density at radius 3 is 2.60 bits per heavy atom. The Morgan fingerprint density at radius 2 is 1.93 bits per heavy atom. The predicted molar refractivity (Wildman–Crippen MR) is 149 cm³/mol. The highest BCUT2D eigenvalue weighted by molar-refractivity contribution is 6.30. The first-order chi connectivity index (χ1) is 19.2. The minimum Gasteiger partial charge on any atom is -0.493 e. The molecule has 0 aliphatic carbocycles. The standard InChI is InChI=1S/C28H26ClFN6O4/c1-16-9-20(17-11-21(30)27(23(12-17)39-4)40-14-24-31-15-32-33-24)26-22(10-16)36(28(38)35(26)3)13-25(37)34(2)19-7-5-18(29)6-8-19/h5-12,15H,13-14H2,1-4H3,(H,31,32,33). The zero-order valence-corrected chi connectivity index (χ0v) is 23.0. The molecule has 0 unspecified atom stereocenters. The predicted octanol–water partition coefficient (Wildman–Crippen LogP) is 4.48. The first kappa shape index (κ1) is 26.9. The van der Waals surface area contributed by atoms with Crippen molar-refractivity contribution in [3.05, 3.63) is 87.6 Å². The molecule has 1 amide bonds. The van der Waals surface area contributed by atoms with Crippen molar-refractivity contribution in [1.29, 1.82) is 0 Å². The average Bonchev–Trinajstić information content (AvgIpc) is 3.54. The van der Waals surface area contributed by atoms with Crippen molar-refractivity contribution < 1.29 is 18.7 Å². The molecule has 0 aliphatic heterocycles. The molecule has 1 N–H and O–H groups in total. The van der Waals surface area contributed by atoms with Crippen LogP contribution >= 0.6 is 11.6 Å². The van der Waals surface area contributed by atoms with E-state index >= 15 is 4.39 Å². The van der Waals surface area contributed by atoms with Gasteiger partial charge in [0.2, 0.25) is 5.91 Å². The van der Waals surface area contributed by atoms with Crippen LogP contribution in [0.4, 0.5) is 10.1 Å². The highest BCUT2D eigenvalue weighted by Crippen LogP contribution is 2.38. The molecule has 0 aliphatic rings. The van der Waals surface area contributed by atoms with E-state index in [0.717, 1.165) is 5.56 Å². The molecule has 0 atom stereocenters. The number of hydrogen-bond acceptors (Lipinski definition) is 6. The van der Waals surface area contributed by atoms with Crippen LogP contribution in [0.25, 0.3) is 22.2 Å². The first-order valence-electron chi connectivity index (χ1n) is 12.2. The quantitative estimate of drug-likeness (QED) is 0.298. The number of fused-ring (bicyclic) bond motifs is 1. The molecular formula is C28H26ClFN6O4. The molecule has 0 saturated carbocycles. The maximum atomic E-state index is 15.4. The number of nitrogens with zero attached hydrogens (tertiary/aromatic N) is 5. The lowest BCUT2D eigenvalue weighted by Gasteiger charge is -2.18. The normalized spacial score (nSPS) is 11.2. The number of carbonyl (C=O) groups is 1.